The molecule has 2 aromatic carbocycles. The lowest BCUT2D eigenvalue weighted by Gasteiger charge is -2.10. The predicted octanol–water partition coefficient (Wildman–Crippen LogP) is 3.27. The summed E-state index contributed by atoms with van der Waals surface area (Å²) < 4.78 is 3.42. The average Bonchev–Trinajstić information content (AvgIpc) is 3.11. The highest BCUT2D eigenvalue weighted by Gasteiger charge is 2.10. The average molecular weight is 373 g/mol. The van der Waals surface area contributed by atoms with E-state index in [1.165, 1.54) is 0 Å². The molecule has 0 atom stereocenters. The first-order valence-corrected chi connectivity index (χ1v) is 8.77. The van der Waals surface area contributed by atoms with Crippen molar-refractivity contribution in [3.05, 3.63) is 82.9 Å². The third-order valence-corrected chi connectivity index (χ3v) is 4.48. The van der Waals surface area contributed by atoms with Crippen LogP contribution in [0.5, 0.6) is 0 Å². The van der Waals surface area contributed by atoms with Gasteiger partial charge in [-0.25, -0.2) is 4.98 Å². The summed E-state index contributed by atoms with van der Waals surface area (Å²) in [4.78, 5) is 29.3. The quantitative estimate of drug-likeness (QED) is 0.575. The lowest BCUT2D eigenvalue weighted by molar-refractivity contribution is 0.102. The number of aromatic nitrogens is 3. The van der Waals surface area contributed by atoms with Gasteiger partial charge in [0.1, 0.15) is 0 Å². The number of nitrogens with one attached hydrogen (secondary N) is 2. The summed E-state index contributed by atoms with van der Waals surface area (Å²) in [6.45, 7) is 0. The van der Waals surface area contributed by atoms with Crippen molar-refractivity contribution in [1.29, 1.82) is 0 Å². The summed E-state index contributed by atoms with van der Waals surface area (Å²) in [5.74, 6) is 0.0418. The number of hydrogen-bond donors (Lipinski definition) is 2. The van der Waals surface area contributed by atoms with E-state index in [1.54, 1.807) is 35.9 Å². The van der Waals surface area contributed by atoms with E-state index in [4.69, 9.17) is 0 Å². The molecule has 0 aliphatic heterocycles. The lowest BCUT2D eigenvalue weighted by atomic mass is 10.2. The van der Waals surface area contributed by atoms with E-state index in [0.717, 1.165) is 16.7 Å². The third kappa shape index (κ3) is 3.37. The van der Waals surface area contributed by atoms with Gasteiger partial charge in [-0.2, -0.15) is 0 Å². The van der Waals surface area contributed by atoms with Crippen molar-refractivity contribution in [3.63, 3.8) is 0 Å². The summed E-state index contributed by atoms with van der Waals surface area (Å²) in [5.41, 5.74) is 3.21. The van der Waals surface area contributed by atoms with E-state index in [9.17, 15) is 9.59 Å². The van der Waals surface area contributed by atoms with Crippen molar-refractivity contribution in [2.24, 2.45) is 14.1 Å². The van der Waals surface area contributed by atoms with Crippen LogP contribution in [-0.4, -0.2) is 20.0 Å². The third-order valence-electron chi connectivity index (χ3n) is 4.48. The van der Waals surface area contributed by atoms with Gasteiger partial charge in [-0.1, -0.05) is 12.1 Å². The number of para-hydroxylation sites is 2. The second-order valence-electron chi connectivity index (χ2n) is 6.54. The molecule has 2 N–H and O–H groups in total. The molecular weight excluding hydrogens is 354 g/mol. The van der Waals surface area contributed by atoms with Gasteiger partial charge >= 0.3 is 0 Å². The molecule has 7 heteroatoms. The molecule has 0 fully saturated rings. The second kappa shape index (κ2) is 7.03. The Morgan fingerprint density at radius 3 is 2.43 bits per heavy atom. The van der Waals surface area contributed by atoms with Crippen LogP contribution in [0.15, 0.2) is 71.8 Å². The first-order chi connectivity index (χ1) is 13.5. The van der Waals surface area contributed by atoms with E-state index in [1.807, 2.05) is 54.3 Å². The van der Waals surface area contributed by atoms with Crippen LogP contribution in [0.25, 0.3) is 11.0 Å². The Kier molecular flexibility index (Phi) is 4.41. The molecule has 140 valence electrons. The van der Waals surface area contributed by atoms with Gasteiger partial charge in [-0.05, 0) is 42.5 Å². The van der Waals surface area contributed by atoms with Crippen LogP contribution in [0.2, 0.25) is 0 Å². The highest BCUT2D eigenvalue weighted by Crippen LogP contribution is 2.17. The minimum atomic E-state index is -0.218. The van der Waals surface area contributed by atoms with Gasteiger partial charge in [0.05, 0.1) is 16.7 Å². The van der Waals surface area contributed by atoms with Crippen molar-refractivity contribution in [3.8, 4) is 0 Å². The normalized spacial score (nSPS) is 10.8. The molecule has 0 spiro atoms. The van der Waals surface area contributed by atoms with Gasteiger partial charge in [-0.15, -0.1) is 0 Å². The van der Waals surface area contributed by atoms with Gasteiger partial charge in [0.2, 0.25) is 0 Å². The number of nitrogens with zero attached hydrogens (tertiary/aromatic N) is 3. The zero-order valence-electron chi connectivity index (χ0n) is 15.5. The first kappa shape index (κ1) is 17.5. The monoisotopic (exact) mass is 373 g/mol. The Morgan fingerprint density at radius 1 is 0.964 bits per heavy atom. The minimum Gasteiger partial charge on any atom is -0.355 e. The van der Waals surface area contributed by atoms with Crippen LogP contribution in [0.3, 0.4) is 0 Å². The fourth-order valence-corrected chi connectivity index (χ4v) is 2.98. The zero-order valence-corrected chi connectivity index (χ0v) is 15.5. The number of benzene rings is 2. The molecule has 4 rings (SSSR count). The number of fused-ring (bicyclic) bond motifs is 1. The topological polar surface area (TPSA) is 81.0 Å². The van der Waals surface area contributed by atoms with Crippen molar-refractivity contribution < 1.29 is 4.79 Å². The summed E-state index contributed by atoms with van der Waals surface area (Å²) >= 11 is 0. The van der Waals surface area contributed by atoms with Gasteiger partial charge in [0.25, 0.3) is 11.5 Å². The fourth-order valence-electron chi connectivity index (χ4n) is 2.98. The van der Waals surface area contributed by atoms with Crippen LogP contribution in [-0.2, 0) is 14.1 Å². The molecule has 4 aromatic rings. The maximum atomic E-state index is 12.5. The van der Waals surface area contributed by atoms with Crippen molar-refractivity contribution in [2.45, 2.75) is 0 Å². The molecule has 0 saturated heterocycles. The Balaban J connectivity index is 1.55. The number of carbonyl (C=O) groups is 1. The molecule has 0 aliphatic rings. The maximum Gasteiger partial charge on any atom is 0.293 e. The molecule has 7 nitrogen and oxygen atoms in total. The Morgan fingerprint density at radius 2 is 1.71 bits per heavy atom. The maximum absolute atomic E-state index is 12.5. The number of amides is 1. The number of rotatable bonds is 4. The zero-order chi connectivity index (χ0) is 19.7. The lowest BCUT2D eigenvalue weighted by Crippen LogP contribution is -2.21. The van der Waals surface area contributed by atoms with Crippen molar-refractivity contribution in [1.82, 2.24) is 14.1 Å². The van der Waals surface area contributed by atoms with Gasteiger partial charge in [0, 0.05) is 37.7 Å². The van der Waals surface area contributed by atoms with Crippen LogP contribution in [0.1, 0.15) is 10.4 Å². The molecule has 0 unspecified atom stereocenters. The highest BCUT2D eigenvalue weighted by atomic mass is 16.1. The number of aryl methyl sites for hydroxylation is 2. The van der Waals surface area contributed by atoms with E-state index < -0.39 is 0 Å². The Hall–Kier alpha value is -3.87. The summed E-state index contributed by atoms with van der Waals surface area (Å²) in [6.07, 6.45) is 3.69. The van der Waals surface area contributed by atoms with E-state index in [2.05, 4.69) is 15.6 Å². The summed E-state index contributed by atoms with van der Waals surface area (Å²) in [5, 5.41) is 5.88. The first-order valence-electron chi connectivity index (χ1n) is 8.77. The van der Waals surface area contributed by atoms with Crippen LogP contribution >= 0.6 is 0 Å². The Bertz CT molecular complexity index is 1220. The van der Waals surface area contributed by atoms with Crippen molar-refractivity contribution >= 4 is 34.1 Å². The predicted molar refractivity (Wildman–Crippen MR) is 110 cm³/mol. The molecule has 0 saturated carbocycles. The van der Waals surface area contributed by atoms with Gasteiger partial charge in [0.15, 0.2) is 5.82 Å². The van der Waals surface area contributed by atoms with Crippen LogP contribution in [0.4, 0.5) is 17.2 Å². The number of anilines is 3. The molecular formula is C21H19N5O2. The van der Waals surface area contributed by atoms with Gasteiger partial charge < -0.3 is 19.8 Å². The minimum absolute atomic E-state index is 0.197. The molecule has 0 radical (unpaired) electrons. The largest absolute Gasteiger partial charge is 0.355 e. The molecule has 2 heterocycles. The summed E-state index contributed by atoms with van der Waals surface area (Å²) in [7, 11) is 3.61. The SMILES string of the molecule is Cn1ccc(NC(=O)c2ccc(Nc3nc4ccccc4n(C)c3=O)cc2)c1. The van der Waals surface area contributed by atoms with E-state index >= 15 is 0 Å². The molecule has 2 aromatic heterocycles. The van der Waals surface area contributed by atoms with Crippen LogP contribution < -0.4 is 16.2 Å². The summed E-state index contributed by atoms with van der Waals surface area (Å²) in [6, 6.07) is 16.2. The Labute approximate surface area is 161 Å². The number of carbonyl (C=O) groups excluding carboxylic acids is 1. The highest BCUT2D eigenvalue weighted by molar-refractivity contribution is 6.04. The fraction of sp³-hybridized carbons (Fsp3) is 0.0952. The standard InChI is InChI=1S/C21H19N5O2/c1-25-12-11-16(13-25)23-20(27)14-7-9-15(10-8-14)22-19-21(28)26(2)18-6-4-3-5-17(18)24-19/h3-13H,1-2H3,(H,22,24)(H,23,27). The van der Waals surface area contributed by atoms with Gasteiger partial charge in [-0.3, -0.25) is 9.59 Å². The number of hydrogen-bond acceptors (Lipinski definition) is 4. The molecule has 1 amide bonds. The molecule has 0 bridgehead atoms. The molecule has 0 aliphatic carbocycles. The van der Waals surface area contributed by atoms with Crippen LogP contribution in [0, 0.1) is 0 Å². The smallest absolute Gasteiger partial charge is 0.293 e. The molecule has 28 heavy (non-hydrogen) atoms. The van der Waals surface area contributed by atoms with Crippen molar-refractivity contribution in [2.75, 3.05) is 10.6 Å². The second-order valence-corrected chi connectivity index (χ2v) is 6.54. The van der Waals surface area contributed by atoms with E-state index in [0.29, 0.717) is 11.3 Å². The van der Waals surface area contributed by atoms with E-state index in [-0.39, 0.29) is 17.3 Å².